The molecule has 1 N–H and O–H groups in total. The fraction of sp³-hybridized carbons (Fsp3) is 0.375. The van der Waals surface area contributed by atoms with Crippen LogP contribution in [0.1, 0.15) is 12.5 Å². The van der Waals surface area contributed by atoms with E-state index in [1.54, 1.807) is 6.20 Å². The van der Waals surface area contributed by atoms with Crippen LogP contribution in [0.5, 0.6) is 0 Å². The summed E-state index contributed by atoms with van der Waals surface area (Å²) in [5, 5.41) is 3.89. The Morgan fingerprint density at radius 3 is 3.00 bits per heavy atom. The van der Waals surface area contributed by atoms with Crippen molar-refractivity contribution in [2.45, 2.75) is 13.5 Å². The third kappa shape index (κ3) is 2.87. The first-order chi connectivity index (χ1) is 5.33. The van der Waals surface area contributed by atoms with E-state index in [2.05, 4.69) is 17.2 Å². The molecule has 1 rings (SSSR count). The molecule has 0 unspecified atom stereocenters. The number of halogens is 1. The van der Waals surface area contributed by atoms with Crippen LogP contribution in [0.25, 0.3) is 0 Å². The molecule has 1 aromatic rings. The molecule has 0 bridgehead atoms. The highest BCUT2D eigenvalue weighted by Crippen LogP contribution is 2.07. The molecular formula is C8H11ClN2. The van der Waals surface area contributed by atoms with E-state index in [0.717, 1.165) is 18.7 Å². The molecule has 0 atom stereocenters. The second kappa shape index (κ2) is 4.31. The van der Waals surface area contributed by atoms with Crippen molar-refractivity contribution in [1.82, 2.24) is 10.3 Å². The van der Waals surface area contributed by atoms with Crippen molar-refractivity contribution in [3.63, 3.8) is 0 Å². The van der Waals surface area contributed by atoms with Gasteiger partial charge in [-0.25, -0.2) is 0 Å². The second-order valence-corrected chi connectivity index (χ2v) is 2.73. The van der Waals surface area contributed by atoms with Crippen LogP contribution in [-0.4, -0.2) is 11.5 Å². The number of pyridine rings is 1. The summed E-state index contributed by atoms with van der Waals surface area (Å²) in [6, 6.07) is 1.91. The summed E-state index contributed by atoms with van der Waals surface area (Å²) >= 11 is 5.73. The Morgan fingerprint density at radius 1 is 1.55 bits per heavy atom. The summed E-state index contributed by atoms with van der Waals surface area (Å²) < 4.78 is 0. The molecule has 0 amide bonds. The van der Waals surface area contributed by atoms with Crippen LogP contribution < -0.4 is 5.32 Å². The van der Waals surface area contributed by atoms with Crippen molar-refractivity contribution in [2.24, 2.45) is 0 Å². The Kier molecular flexibility index (Phi) is 3.33. The molecule has 0 saturated carbocycles. The molecule has 0 aliphatic heterocycles. The summed E-state index contributed by atoms with van der Waals surface area (Å²) in [6.45, 7) is 3.87. The topological polar surface area (TPSA) is 24.9 Å². The van der Waals surface area contributed by atoms with Crippen molar-refractivity contribution in [3.05, 3.63) is 29.0 Å². The van der Waals surface area contributed by atoms with Gasteiger partial charge in [0.2, 0.25) is 0 Å². The Labute approximate surface area is 71.6 Å². The monoisotopic (exact) mass is 170 g/mol. The summed E-state index contributed by atoms with van der Waals surface area (Å²) in [7, 11) is 0. The van der Waals surface area contributed by atoms with Crippen LogP contribution in [0, 0.1) is 0 Å². The summed E-state index contributed by atoms with van der Waals surface area (Å²) in [5.74, 6) is 0. The molecule has 3 heteroatoms. The Balaban J connectivity index is 2.56. The lowest BCUT2D eigenvalue weighted by Crippen LogP contribution is -2.11. The van der Waals surface area contributed by atoms with E-state index in [9.17, 15) is 0 Å². The molecule has 0 saturated heterocycles. The largest absolute Gasteiger partial charge is 0.313 e. The van der Waals surface area contributed by atoms with Gasteiger partial charge in [-0.3, -0.25) is 4.98 Å². The first-order valence-corrected chi connectivity index (χ1v) is 4.01. The normalized spacial score (nSPS) is 10.0. The van der Waals surface area contributed by atoms with E-state index in [0.29, 0.717) is 5.02 Å². The lowest BCUT2D eigenvalue weighted by Gasteiger charge is -2.00. The minimum absolute atomic E-state index is 0.695. The highest BCUT2D eigenvalue weighted by atomic mass is 35.5. The van der Waals surface area contributed by atoms with Gasteiger partial charge in [0.15, 0.2) is 0 Å². The number of aromatic nitrogens is 1. The highest BCUT2D eigenvalue weighted by Gasteiger charge is 1.92. The lowest BCUT2D eigenvalue weighted by atomic mass is 10.3. The molecular weight excluding hydrogens is 160 g/mol. The van der Waals surface area contributed by atoms with Gasteiger partial charge < -0.3 is 5.32 Å². The van der Waals surface area contributed by atoms with E-state index in [-0.39, 0.29) is 0 Å². The second-order valence-electron chi connectivity index (χ2n) is 2.29. The molecule has 0 spiro atoms. The maximum Gasteiger partial charge on any atom is 0.0592 e. The zero-order chi connectivity index (χ0) is 8.10. The van der Waals surface area contributed by atoms with Crippen LogP contribution in [0.2, 0.25) is 5.02 Å². The van der Waals surface area contributed by atoms with Crippen LogP contribution in [0.4, 0.5) is 0 Å². The van der Waals surface area contributed by atoms with Gasteiger partial charge in [0.25, 0.3) is 0 Å². The van der Waals surface area contributed by atoms with Crippen molar-refractivity contribution >= 4 is 11.6 Å². The molecule has 60 valence electrons. The number of nitrogens with one attached hydrogen (secondary N) is 1. The van der Waals surface area contributed by atoms with Gasteiger partial charge in [-0.1, -0.05) is 18.5 Å². The average Bonchev–Trinajstić information content (AvgIpc) is 2.01. The quantitative estimate of drug-likeness (QED) is 0.749. The first-order valence-electron chi connectivity index (χ1n) is 3.63. The van der Waals surface area contributed by atoms with Crippen LogP contribution in [0.15, 0.2) is 18.5 Å². The third-order valence-electron chi connectivity index (χ3n) is 1.34. The van der Waals surface area contributed by atoms with Gasteiger partial charge in [0.1, 0.15) is 0 Å². The SMILES string of the molecule is CCNCc1cncc(Cl)c1. The molecule has 1 aromatic heterocycles. The number of hydrogen-bond donors (Lipinski definition) is 1. The van der Waals surface area contributed by atoms with Gasteiger partial charge in [-0.05, 0) is 18.2 Å². The highest BCUT2D eigenvalue weighted by molar-refractivity contribution is 6.30. The van der Waals surface area contributed by atoms with E-state index < -0.39 is 0 Å². The summed E-state index contributed by atoms with van der Waals surface area (Å²) in [4.78, 5) is 3.97. The molecule has 0 aromatic carbocycles. The summed E-state index contributed by atoms with van der Waals surface area (Å²) in [6.07, 6.45) is 3.45. The minimum Gasteiger partial charge on any atom is -0.313 e. The molecule has 0 aliphatic carbocycles. The molecule has 0 aliphatic rings. The first kappa shape index (κ1) is 8.50. The van der Waals surface area contributed by atoms with Gasteiger partial charge in [0.05, 0.1) is 5.02 Å². The summed E-state index contributed by atoms with van der Waals surface area (Å²) in [5.41, 5.74) is 1.12. The van der Waals surface area contributed by atoms with Gasteiger partial charge >= 0.3 is 0 Å². The van der Waals surface area contributed by atoms with E-state index in [1.165, 1.54) is 0 Å². The molecule has 0 fully saturated rings. The zero-order valence-corrected chi connectivity index (χ0v) is 7.23. The van der Waals surface area contributed by atoms with Crippen LogP contribution in [-0.2, 0) is 6.54 Å². The predicted octanol–water partition coefficient (Wildman–Crippen LogP) is 1.84. The van der Waals surface area contributed by atoms with E-state index in [1.807, 2.05) is 12.3 Å². The number of rotatable bonds is 3. The van der Waals surface area contributed by atoms with Gasteiger partial charge in [0, 0.05) is 18.9 Å². The standard InChI is InChI=1S/C8H11ClN2/c1-2-10-4-7-3-8(9)6-11-5-7/h3,5-6,10H,2,4H2,1H3. The smallest absolute Gasteiger partial charge is 0.0592 e. The van der Waals surface area contributed by atoms with Crippen LogP contribution >= 0.6 is 11.6 Å². The van der Waals surface area contributed by atoms with E-state index >= 15 is 0 Å². The molecule has 1 heterocycles. The average molecular weight is 171 g/mol. The Bertz CT molecular complexity index is 225. The van der Waals surface area contributed by atoms with Crippen molar-refractivity contribution in [2.75, 3.05) is 6.54 Å². The third-order valence-corrected chi connectivity index (χ3v) is 1.55. The van der Waals surface area contributed by atoms with Crippen molar-refractivity contribution in [3.8, 4) is 0 Å². The molecule has 11 heavy (non-hydrogen) atoms. The maximum atomic E-state index is 5.73. The van der Waals surface area contributed by atoms with Gasteiger partial charge in [-0.15, -0.1) is 0 Å². The Hall–Kier alpha value is -0.600. The zero-order valence-electron chi connectivity index (χ0n) is 6.47. The number of nitrogens with zero attached hydrogens (tertiary/aromatic N) is 1. The molecule has 2 nitrogen and oxygen atoms in total. The number of hydrogen-bond acceptors (Lipinski definition) is 2. The van der Waals surface area contributed by atoms with Crippen LogP contribution in [0.3, 0.4) is 0 Å². The predicted molar refractivity (Wildman–Crippen MR) is 46.6 cm³/mol. The van der Waals surface area contributed by atoms with E-state index in [4.69, 9.17) is 11.6 Å². The lowest BCUT2D eigenvalue weighted by molar-refractivity contribution is 0.724. The Morgan fingerprint density at radius 2 is 2.36 bits per heavy atom. The van der Waals surface area contributed by atoms with Crippen molar-refractivity contribution < 1.29 is 0 Å². The fourth-order valence-corrected chi connectivity index (χ4v) is 1.02. The molecule has 0 radical (unpaired) electrons. The van der Waals surface area contributed by atoms with Gasteiger partial charge in [-0.2, -0.15) is 0 Å². The minimum atomic E-state index is 0.695. The maximum absolute atomic E-state index is 5.73. The van der Waals surface area contributed by atoms with Crippen molar-refractivity contribution in [1.29, 1.82) is 0 Å². The fourth-order valence-electron chi connectivity index (χ4n) is 0.822.